The van der Waals surface area contributed by atoms with E-state index in [1.807, 2.05) is 19.3 Å². The van der Waals surface area contributed by atoms with E-state index in [0.717, 1.165) is 0 Å². The fourth-order valence-corrected chi connectivity index (χ4v) is 1.92. The van der Waals surface area contributed by atoms with Crippen molar-refractivity contribution in [1.29, 1.82) is 5.26 Å². The minimum Gasteiger partial charge on any atom is -0.255 e. The smallest absolute Gasteiger partial charge is 0.135 e. The number of aromatic nitrogens is 2. The summed E-state index contributed by atoms with van der Waals surface area (Å²) in [6, 6.07) is 2.02. The molecule has 2 atom stereocenters. The molecule has 1 aromatic rings. The predicted molar refractivity (Wildman–Crippen MR) is 69.7 cm³/mol. The average molecular weight is 233 g/mol. The minimum absolute atomic E-state index is 0.170. The van der Waals surface area contributed by atoms with Crippen molar-refractivity contribution in [3.8, 4) is 6.07 Å². The van der Waals surface area contributed by atoms with Crippen molar-refractivity contribution in [2.24, 2.45) is 0 Å². The van der Waals surface area contributed by atoms with Gasteiger partial charge in [-0.25, -0.2) is 0 Å². The number of nitrogens with zero attached hydrogens (tertiary/aromatic N) is 3. The Hall–Kier alpha value is -1.30. The monoisotopic (exact) mass is 233 g/mol. The summed E-state index contributed by atoms with van der Waals surface area (Å²) in [7, 11) is 0. The molecule has 1 heterocycles. The van der Waals surface area contributed by atoms with Gasteiger partial charge in [-0.2, -0.15) is 10.4 Å². The van der Waals surface area contributed by atoms with Crippen LogP contribution in [-0.2, 0) is 0 Å². The van der Waals surface area contributed by atoms with Crippen molar-refractivity contribution in [3.63, 3.8) is 0 Å². The van der Waals surface area contributed by atoms with Crippen LogP contribution in [0.3, 0.4) is 0 Å². The summed E-state index contributed by atoms with van der Waals surface area (Å²) in [5.41, 5.74) is 1.25. The normalized spacial score (nSPS) is 14.2. The number of hydrogen-bond donors (Lipinski definition) is 0. The molecule has 0 N–H and O–H groups in total. The molecular weight excluding hydrogens is 210 g/mol. The number of rotatable bonds is 7. The quantitative estimate of drug-likeness (QED) is 0.667. The van der Waals surface area contributed by atoms with Gasteiger partial charge >= 0.3 is 0 Å². The first-order chi connectivity index (χ1) is 8.19. The van der Waals surface area contributed by atoms with Gasteiger partial charge in [0.05, 0.1) is 12.3 Å². The maximum atomic E-state index is 8.83. The Kier molecular flexibility index (Phi) is 5.76. The molecule has 3 heteroatoms. The molecule has 94 valence electrons. The zero-order chi connectivity index (χ0) is 12.7. The molecule has 0 fully saturated rings. The van der Waals surface area contributed by atoms with Crippen LogP contribution in [-0.4, -0.2) is 9.78 Å². The van der Waals surface area contributed by atoms with Crippen molar-refractivity contribution >= 4 is 0 Å². The van der Waals surface area contributed by atoms with Gasteiger partial charge in [0.15, 0.2) is 0 Å². The third-order valence-corrected chi connectivity index (χ3v) is 3.26. The number of unbranched alkanes of at least 4 members (excludes halogenated alkanes) is 3. The molecule has 0 saturated carbocycles. The second-order valence-electron chi connectivity index (χ2n) is 4.81. The second-order valence-corrected chi connectivity index (χ2v) is 4.81. The largest absolute Gasteiger partial charge is 0.255 e. The molecule has 3 nitrogen and oxygen atoms in total. The van der Waals surface area contributed by atoms with Crippen molar-refractivity contribution in [3.05, 3.63) is 18.0 Å². The van der Waals surface area contributed by atoms with Crippen LogP contribution in [0.5, 0.6) is 0 Å². The number of hydrogen-bond acceptors (Lipinski definition) is 2. The average Bonchev–Trinajstić information content (AvgIpc) is 2.83. The molecule has 0 bridgehead atoms. The van der Waals surface area contributed by atoms with E-state index in [9.17, 15) is 0 Å². The lowest BCUT2D eigenvalue weighted by Gasteiger charge is -2.08. The summed E-state index contributed by atoms with van der Waals surface area (Å²) in [6.07, 6.45) is 10.4. The summed E-state index contributed by atoms with van der Waals surface area (Å²) in [6.45, 7) is 6.34. The highest BCUT2D eigenvalue weighted by molar-refractivity contribution is 5.11. The summed E-state index contributed by atoms with van der Waals surface area (Å²) >= 11 is 0. The fourth-order valence-electron chi connectivity index (χ4n) is 1.92. The summed E-state index contributed by atoms with van der Waals surface area (Å²) in [5.74, 6) is 0.548. The molecule has 1 aromatic heterocycles. The van der Waals surface area contributed by atoms with Gasteiger partial charge in [-0.3, -0.25) is 4.68 Å². The Morgan fingerprint density at radius 2 is 2.12 bits per heavy atom. The van der Waals surface area contributed by atoms with Gasteiger partial charge in [0.1, 0.15) is 6.04 Å². The second kappa shape index (κ2) is 7.11. The van der Waals surface area contributed by atoms with Crippen molar-refractivity contribution in [2.75, 3.05) is 0 Å². The lowest BCUT2D eigenvalue weighted by molar-refractivity contribution is 0.573. The Morgan fingerprint density at radius 1 is 1.35 bits per heavy atom. The lowest BCUT2D eigenvalue weighted by atomic mass is 9.97. The van der Waals surface area contributed by atoms with Gasteiger partial charge in [-0.15, -0.1) is 0 Å². The van der Waals surface area contributed by atoms with Crippen LogP contribution in [0.2, 0.25) is 0 Å². The van der Waals surface area contributed by atoms with E-state index in [1.165, 1.54) is 37.7 Å². The lowest BCUT2D eigenvalue weighted by Crippen LogP contribution is -2.02. The summed E-state index contributed by atoms with van der Waals surface area (Å²) in [4.78, 5) is 0. The van der Waals surface area contributed by atoms with Gasteiger partial charge in [0, 0.05) is 6.20 Å². The van der Waals surface area contributed by atoms with Gasteiger partial charge in [-0.1, -0.05) is 39.5 Å². The molecule has 0 aromatic carbocycles. The first-order valence-corrected chi connectivity index (χ1v) is 6.62. The van der Waals surface area contributed by atoms with Crippen LogP contribution in [0.15, 0.2) is 12.4 Å². The van der Waals surface area contributed by atoms with E-state index < -0.39 is 0 Å². The maximum absolute atomic E-state index is 8.83. The predicted octanol–water partition coefficient (Wildman–Crippen LogP) is 4.04. The van der Waals surface area contributed by atoms with E-state index in [-0.39, 0.29) is 6.04 Å². The van der Waals surface area contributed by atoms with Crippen molar-refractivity contribution in [1.82, 2.24) is 9.78 Å². The molecule has 0 amide bonds. The Labute approximate surface area is 104 Å². The Morgan fingerprint density at radius 3 is 2.76 bits per heavy atom. The molecule has 0 aliphatic heterocycles. The standard InChI is InChI=1S/C14H23N3/c1-4-5-6-7-8-12(2)14-10-16-17(11-14)13(3)9-15/h10-13H,4-8H2,1-3H3. The summed E-state index contributed by atoms with van der Waals surface area (Å²) in [5, 5.41) is 13.1. The highest BCUT2D eigenvalue weighted by Gasteiger charge is 2.10. The van der Waals surface area contributed by atoms with Crippen LogP contribution in [0.1, 0.15) is 70.4 Å². The highest BCUT2D eigenvalue weighted by Crippen LogP contribution is 2.22. The Bertz CT molecular complexity index is 362. The molecule has 0 radical (unpaired) electrons. The Balaban J connectivity index is 2.44. The van der Waals surface area contributed by atoms with Gasteiger partial charge in [-0.05, 0) is 24.8 Å². The van der Waals surface area contributed by atoms with E-state index >= 15 is 0 Å². The minimum atomic E-state index is -0.170. The SMILES string of the molecule is CCCCCCC(C)c1cnn(C(C)C#N)c1. The van der Waals surface area contributed by atoms with Gasteiger partial charge in [0.25, 0.3) is 0 Å². The first kappa shape index (κ1) is 13.8. The van der Waals surface area contributed by atoms with Crippen LogP contribution in [0, 0.1) is 11.3 Å². The molecule has 0 aliphatic rings. The van der Waals surface area contributed by atoms with E-state index in [0.29, 0.717) is 5.92 Å². The maximum Gasteiger partial charge on any atom is 0.135 e. The highest BCUT2D eigenvalue weighted by atomic mass is 15.3. The van der Waals surface area contributed by atoms with E-state index in [4.69, 9.17) is 5.26 Å². The summed E-state index contributed by atoms with van der Waals surface area (Å²) < 4.78 is 1.75. The molecule has 1 rings (SSSR count). The van der Waals surface area contributed by atoms with Gasteiger partial charge in [0.2, 0.25) is 0 Å². The molecule has 2 unspecified atom stereocenters. The van der Waals surface area contributed by atoms with Crippen LogP contribution < -0.4 is 0 Å². The first-order valence-electron chi connectivity index (χ1n) is 6.62. The van der Waals surface area contributed by atoms with E-state index in [1.54, 1.807) is 4.68 Å². The zero-order valence-corrected chi connectivity index (χ0v) is 11.2. The van der Waals surface area contributed by atoms with Crippen molar-refractivity contribution < 1.29 is 0 Å². The third-order valence-electron chi connectivity index (χ3n) is 3.26. The van der Waals surface area contributed by atoms with Crippen molar-refractivity contribution in [2.45, 2.75) is 64.8 Å². The third kappa shape index (κ3) is 4.22. The topological polar surface area (TPSA) is 41.6 Å². The fraction of sp³-hybridized carbons (Fsp3) is 0.714. The molecule has 0 saturated heterocycles. The number of nitriles is 1. The van der Waals surface area contributed by atoms with Gasteiger partial charge < -0.3 is 0 Å². The van der Waals surface area contributed by atoms with Crippen LogP contribution >= 0.6 is 0 Å². The van der Waals surface area contributed by atoms with Crippen LogP contribution in [0.4, 0.5) is 0 Å². The molecular formula is C14H23N3. The zero-order valence-electron chi connectivity index (χ0n) is 11.2. The molecule has 17 heavy (non-hydrogen) atoms. The van der Waals surface area contributed by atoms with E-state index in [2.05, 4.69) is 25.0 Å². The molecule has 0 spiro atoms. The van der Waals surface area contributed by atoms with Crippen LogP contribution in [0.25, 0.3) is 0 Å². The molecule has 0 aliphatic carbocycles.